The highest BCUT2D eigenvalue weighted by atomic mass is 32.1. The molecule has 1 aliphatic carbocycles. The Bertz CT molecular complexity index is 967. The van der Waals surface area contributed by atoms with E-state index in [0.29, 0.717) is 16.3 Å². The van der Waals surface area contributed by atoms with Crippen molar-refractivity contribution in [3.8, 4) is 0 Å². The molecule has 0 saturated heterocycles. The number of amides is 1. The number of nitrogens with two attached hydrogens (primary N) is 1. The Hall–Kier alpha value is -2.93. The van der Waals surface area contributed by atoms with Crippen LogP contribution in [0.25, 0.3) is 10.2 Å². The quantitative estimate of drug-likeness (QED) is 0.676. The second-order valence-electron chi connectivity index (χ2n) is 6.21. The number of ether oxygens (including phenoxy) is 1. The van der Waals surface area contributed by atoms with Crippen molar-refractivity contribution in [3.63, 3.8) is 0 Å². The van der Waals surface area contributed by atoms with Gasteiger partial charge in [0.25, 0.3) is 5.91 Å². The van der Waals surface area contributed by atoms with Crippen molar-refractivity contribution < 1.29 is 14.3 Å². The first-order valence-electron chi connectivity index (χ1n) is 8.32. The fourth-order valence-corrected chi connectivity index (χ4v) is 3.42. The normalized spacial score (nSPS) is 14.8. The van der Waals surface area contributed by atoms with E-state index in [1.54, 1.807) is 30.3 Å². The summed E-state index contributed by atoms with van der Waals surface area (Å²) in [6, 6.07) is 14.2. The van der Waals surface area contributed by atoms with E-state index in [9.17, 15) is 9.59 Å². The van der Waals surface area contributed by atoms with Gasteiger partial charge < -0.3 is 15.8 Å². The van der Waals surface area contributed by atoms with E-state index in [1.807, 2.05) is 18.2 Å². The van der Waals surface area contributed by atoms with Crippen molar-refractivity contribution >= 4 is 38.6 Å². The molecule has 1 heterocycles. The number of anilines is 1. The maximum absolute atomic E-state index is 12.6. The fourth-order valence-electron chi connectivity index (χ4n) is 2.65. The van der Waals surface area contributed by atoms with Crippen LogP contribution in [0.15, 0.2) is 48.5 Å². The highest BCUT2D eigenvalue weighted by molar-refractivity contribution is 7.22. The topological polar surface area (TPSA) is 94.3 Å². The minimum Gasteiger partial charge on any atom is -0.444 e. The molecule has 0 radical (unpaired) electrons. The second-order valence-corrected chi connectivity index (χ2v) is 7.28. The smallest absolute Gasteiger partial charge is 0.339 e. The molecule has 26 heavy (non-hydrogen) atoms. The Balaban J connectivity index is 1.58. The molecule has 2 aromatic carbocycles. The van der Waals surface area contributed by atoms with Crippen molar-refractivity contribution in [1.29, 1.82) is 0 Å². The predicted molar refractivity (Wildman–Crippen MR) is 99.8 cm³/mol. The molecule has 1 fully saturated rings. The van der Waals surface area contributed by atoms with Crippen molar-refractivity contribution in [2.45, 2.75) is 25.0 Å². The number of carbonyl (C=O) groups is 2. The molecule has 0 aliphatic heterocycles. The van der Waals surface area contributed by atoms with Crippen molar-refractivity contribution in [2.75, 3.05) is 5.73 Å². The van der Waals surface area contributed by atoms with Gasteiger partial charge in [-0.3, -0.25) is 4.79 Å². The van der Waals surface area contributed by atoms with Crippen molar-refractivity contribution in [1.82, 2.24) is 10.3 Å². The maximum Gasteiger partial charge on any atom is 0.339 e. The summed E-state index contributed by atoms with van der Waals surface area (Å²) in [6.07, 6.45) is 0.946. The van der Waals surface area contributed by atoms with Crippen LogP contribution in [-0.4, -0.2) is 22.9 Å². The molecule has 1 atom stereocenters. The number of rotatable bonds is 5. The molecule has 1 saturated carbocycles. The number of esters is 1. The van der Waals surface area contributed by atoms with Crippen LogP contribution in [0.3, 0.4) is 0 Å². The zero-order chi connectivity index (χ0) is 18.1. The Morgan fingerprint density at radius 2 is 1.96 bits per heavy atom. The van der Waals surface area contributed by atoms with Gasteiger partial charge in [-0.15, -0.1) is 0 Å². The predicted octanol–water partition coefficient (Wildman–Crippen LogP) is 3.06. The van der Waals surface area contributed by atoms with E-state index in [4.69, 9.17) is 10.5 Å². The standard InChI is InChI=1S/C19H17N3O3S/c20-19-22-14-9-6-12(10-15(14)26-19)18(24)25-16(11-4-2-1-3-5-11)17(23)21-13-7-8-13/h1-6,9-10,13,16H,7-8H2,(H2,20,22)(H,21,23)/t16-/m0/s1. The van der Waals surface area contributed by atoms with Crippen LogP contribution in [0, 0.1) is 0 Å². The van der Waals surface area contributed by atoms with Gasteiger partial charge in [-0.05, 0) is 31.0 Å². The lowest BCUT2D eigenvalue weighted by Crippen LogP contribution is -2.33. The Morgan fingerprint density at radius 3 is 2.69 bits per heavy atom. The minimum atomic E-state index is -0.980. The Labute approximate surface area is 154 Å². The van der Waals surface area contributed by atoms with E-state index >= 15 is 0 Å². The number of benzene rings is 2. The van der Waals surface area contributed by atoms with Gasteiger partial charge in [-0.2, -0.15) is 0 Å². The van der Waals surface area contributed by atoms with Crippen LogP contribution >= 0.6 is 11.3 Å². The number of aromatic nitrogens is 1. The zero-order valence-electron chi connectivity index (χ0n) is 13.8. The minimum absolute atomic E-state index is 0.184. The third-order valence-corrected chi connectivity index (χ3v) is 4.98. The highest BCUT2D eigenvalue weighted by Crippen LogP contribution is 2.27. The number of thiazole rings is 1. The second kappa shape index (κ2) is 6.76. The van der Waals surface area contributed by atoms with Crippen molar-refractivity contribution in [2.24, 2.45) is 0 Å². The van der Waals surface area contributed by atoms with E-state index in [0.717, 1.165) is 23.1 Å². The van der Waals surface area contributed by atoms with Crippen LogP contribution in [0.1, 0.15) is 34.9 Å². The summed E-state index contributed by atoms with van der Waals surface area (Å²) >= 11 is 1.30. The number of nitrogens with one attached hydrogen (secondary N) is 1. The third-order valence-electron chi connectivity index (χ3n) is 4.13. The van der Waals surface area contributed by atoms with Crippen LogP contribution in [0.5, 0.6) is 0 Å². The van der Waals surface area contributed by atoms with Crippen molar-refractivity contribution in [3.05, 3.63) is 59.7 Å². The van der Waals surface area contributed by atoms with E-state index in [2.05, 4.69) is 10.3 Å². The molecule has 1 amide bonds. The lowest BCUT2D eigenvalue weighted by molar-refractivity contribution is -0.130. The van der Waals surface area contributed by atoms with E-state index in [1.165, 1.54) is 11.3 Å². The van der Waals surface area contributed by atoms with Crippen LogP contribution in [0.2, 0.25) is 0 Å². The number of hydrogen-bond donors (Lipinski definition) is 2. The number of carbonyl (C=O) groups excluding carboxylic acids is 2. The molecule has 132 valence electrons. The van der Waals surface area contributed by atoms with E-state index in [-0.39, 0.29) is 11.9 Å². The van der Waals surface area contributed by atoms with Crippen LogP contribution < -0.4 is 11.1 Å². The maximum atomic E-state index is 12.6. The first-order valence-corrected chi connectivity index (χ1v) is 9.14. The van der Waals surface area contributed by atoms with Gasteiger partial charge >= 0.3 is 5.97 Å². The lowest BCUT2D eigenvalue weighted by Gasteiger charge is -2.18. The average molecular weight is 367 g/mol. The van der Waals surface area contributed by atoms with Gasteiger partial charge in [-0.1, -0.05) is 41.7 Å². The van der Waals surface area contributed by atoms with Gasteiger partial charge in [0, 0.05) is 11.6 Å². The molecule has 0 bridgehead atoms. The number of hydrogen-bond acceptors (Lipinski definition) is 6. The average Bonchev–Trinajstić information content (AvgIpc) is 3.37. The monoisotopic (exact) mass is 367 g/mol. The summed E-state index contributed by atoms with van der Waals surface area (Å²) in [4.78, 5) is 29.4. The van der Waals surface area contributed by atoms with Crippen LogP contribution in [-0.2, 0) is 9.53 Å². The largest absolute Gasteiger partial charge is 0.444 e. The summed E-state index contributed by atoms with van der Waals surface area (Å²) in [6.45, 7) is 0. The van der Waals surface area contributed by atoms with Gasteiger partial charge in [0.05, 0.1) is 15.8 Å². The van der Waals surface area contributed by atoms with E-state index < -0.39 is 12.1 Å². The fraction of sp³-hybridized carbons (Fsp3) is 0.211. The Morgan fingerprint density at radius 1 is 1.19 bits per heavy atom. The molecule has 1 aliphatic rings. The zero-order valence-corrected chi connectivity index (χ0v) is 14.7. The first kappa shape index (κ1) is 16.5. The summed E-state index contributed by atoms with van der Waals surface area (Å²) in [5.41, 5.74) is 7.44. The van der Waals surface area contributed by atoms with Crippen LogP contribution in [0.4, 0.5) is 5.13 Å². The summed E-state index contributed by atoms with van der Waals surface area (Å²) in [7, 11) is 0. The number of fused-ring (bicyclic) bond motifs is 1. The molecule has 1 aromatic heterocycles. The van der Waals surface area contributed by atoms with Gasteiger partial charge in [0.1, 0.15) is 0 Å². The molecule has 4 rings (SSSR count). The highest BCUT2D eigenvalue weighted by Gasteiger charge is 2.31. The summed E-state index contributed by atoms with van der Waals surface area (Å²) in [5, 5.41) is 3.34. The third kappa shape index (κ3) is 3.52. The molecular formula is C19H17N3O3S. The first-order chi connectivity index (χ1) is 12.6. The molecule has 0 unspecified atom stereocenters. The summed E-state index contributed by atoms with van der Waals surface area (Å²) < 4.78 is 6.37. The molecular weight excluding hydrogens is 350 g/mol. The molecule has 3 aromatic rings. The van der Waals surface area contributed by atoms with Gasteiger partial charge in [0.2, 0.25) is 6.10 Å². The molecule has 6 nitrogen and oxygen atoms in total. The molecule has 0 spiro atoms. The molecule has 7 heteroatoms. The van der Waals surface area contributed by atoms with Gasteiger partial charge in [-0.25, -0.2) is 9.78 Å². The number of nitrogens with zero attached hydrogens (tertiary/aromatic N) is 1. The summed E-state index contributed by atoms with van der Waals surface area (Å²) in [5.74, 6) is -0.853. The SMILES string of the molecule is Nc1nc2ccc(C(=O)O[C@H](C(=O)NC3CC3)c3ccccc3)cc2s1. The lowest BCUT2D eigenvalue weighted by atomic mass is 10.1. The molecule has 3 N–H and O–H groups in total. The number of nitrogen functional groups attached to an aromatic ring is 1. The van der Waals surface area contributed by atoms with Gasteiger partial charge in [0.15, 0.2) is 5.13 Å². The Kier molecular flexibility index (Phi) is 4.30.